The predicted molar refractivity (Wildman–Crippen MR) is 80.9 cm³/mol. The lowest BCUT2D eigenvalue weighted by atomic mass is 9.90. The Labute approximate surface area is 120 Å². The number of hydrogen-bond donors (Lipinski definition) is 1. The maximum atomic E-state index is 4.31. The van der Waals surface area contributed by atoms with E-state index >= 15 is 0 Å². The predicted octanol–water partition coefficient (Wildman–Crippen LogP) is 3.71. The zero-order valence-corrected chi connectivity index (χ0v) is 11.8. The highest BCUT2D eigenvalue weighted by atomic mass is 15.1. The normalized spacial score (nSPS) is 17.8. The zero-order valence-electron chi connectivity index (χ0n) is 11.8. The summed E-state index contributed by atoms with van der Waals surface area (Å²) in [4.78, 5) is 4.31. The zero-order chi connectivity index (χ0) is 13.4. The van der Waals surface area contributed by atoms with E-state index in [1.165, 1.54) is 61.0 Å². The molecule has 0 unspecified atom stereocenters. The minimum Gasteiger partial charge on any atom is -0.379 e. The topological polar surface area (TPSA) is 29.9 Å². The average Bonchev–Trinajstić information content (AvgIpc) is 3.24. The Balaban J connectivity index is 1.53. The van der Waals surface area contributed by atoms with Crippen molar-refractivity contribution in [3.63, 3.8) is 0 Å². The van der Waals surface area contributed by atoms with Crippen LogP contribution in [0.4, 0.5) is 5.69 Å². The number of rotatable bonds is 4. The fraction of sp³-hybridized carbons (Fsp3) is 0.471. The van der Waals surface area contributed by atoms with Gasteiger partial charge in [-0.1, -0.05) is 12.1 Å². The van der Waals surface area contributed by atoms with Gasteiger partial charge in [0, 0.05) is 17.9 Å². The summed E-state index contributed by atoms with van der Waals surface area (Å²) in [5, 5.41) is 3.64. The van der Waals surface area contributed by atoms with E-state index in [0.717, 1.165) is 6.54 Å². The second-order valence-electron chi connectivity index (χ2n) is 6.03. The van der Waals surface area contributed by atoms with Crippen LogP contribution in [0.1, 0.15) is 48.5 Å². The van der Waals surface area contributed by atoms with Gasteiger partial charge < -0.3 is 9.88 Å². The molecule has 0 amide bonds. The van der Waals surface area contributed by atoms with E-state index in [1.54, 1.807) is 0 Å². The molecule has 1 aromatic carbocycles. The van der Waals surface area contributed by atoms with Gasteiger partial charge in [0.05, 0.1) is 18.6 Å². The van der Waals surface area contributed by atoms with Crippen molar-refractivity contribution in [3.8, 4) is 0 Å². The molecule has 0 saturated heterocycles. The van der Waals surface area contributed by atoms with Gasteiger partial charge in [0.1, 0.15) is 0 Å². The van der Waals surface area contributed by atoms with Crippen LogP contribution < -0.4 is 5.32 Å². The number of hydrogen-bond acceptors (Lipinski definition) is 2. The fourth-order valence-corrected chi connectivity index (χ4v) is 3.28. The lowest BCUT2D eigenvalue weighted by Crippen LogP contribution is -2.10. The van der Waals surface area contributed by atoms with E-state index in [9.17, 15) is 0 Å². The Morgan fingerprint density at radius 1 is 1.20 bits per heavy atom. The van der Waals surface area contributed by atoms with Crippen molar-refractivity contribution < 1.29 is 0 Å². The Morgan fingerprint density at radius 3 is 3.00 bits per heavy atom. The van der Waals surface area contributed by atoms with Crippen LogP contribution in [0.5, 0.6) is 0 Å². The number of aryl methyl sites for hydroxylation is 1. The van der Waals surface area contributed by atoms with Gasteiger partial charge in [-0.05, 0) is 55.7 Å². The smallest absolute Gasteiger partial charge is 0.0951 e. The van der Waals surface area contributed by atoms with E-state index in [2.05, 4.69) is 33.1 Å². The Bertz CT molecular complexity index is 610. The van der Waals surface area contributed by atoms with Crippen LogP contribution in [0.15, 0.2) is 30.7 Å². The molecule has 1 heterocycles. The fourth-order valence-electron chi connectivity index (χ4n) is 3.28. The molecule has 3 heteroatoms. The molecule has 0 bridgehead atoms. The summed E-state index contributed by atoms with van der Waals surface area (Å²) in [6.45, 7) is 0.882. The summed E-state index contributed by atoms with van der Waals surface area (Å²) in [5.74, 6) is 0. The Kier molecular flexibility index (Phi) is 2.98. The third kappa shape index (κ3) is 2.21. The molecular weight excluding hydrogens is 246 g/mol. The van der Waals surface area contributed by atoms with E-state index in [1.807, 2.05) is 12.5 Å². The number of nitrogens with zero attached hydrogens (tertiary/aromatic N) is 2. The van der Waals surface area contributed by atoms with Crippen LogP contribution in [0, 0.1) is 0 Å². The first kappa shape index (κ1) is 12.0. The summed E-state index contributed by atoms with van der Waals surface area (Å²) in [5.41, 5.74) is 5.71. The third-order valence-corrected chi connectivity index (χ3v) is 4.54. The highest BCUT2D eigenvalue weighted by molar-refractivity contribution is 5.55. The molecule has 0 atom stereocenters. The molecule has 20 heavy (non-hydrogen) atoms. The Morgan fingerprint density at radius 2 is 2.10 bits per heavy atom. The number of nitrogens with one attached hydrogen (secondary N) is 1. The van der Waals surface area contributed by atoms with Gasteiger partial charge in [-0.15, -0.1) is 0 Å². The quantitative estimate of drug-likeness (QED) is 0.915. The van der Waals surface area contributed by atoms with Crippen molar-refractivity contribution in [1.82, 2.24) is 9.55 Å². The second kappa shape index (κ2) is 4.97. The van der Waals surface area contributed by atoms with Crippen molar-refractivity contribution >= 4 is 5.69 Å². The highest BCUT2D eigenvalue weighted by Gasteiger charge is 2.25. The summed E-state index contributed by atoms with van der Waals surface area (Å²) in [6.07, 6.45) is 11.7. The molecule has 0 spiro atoms. The van der Waals surface area contributed by atoms with Gasteiger partial charge in [0.25, 0.3) is 0 Å². The molecule has 0 radical (unpaired) electrons. The first-order valence-corrected chi connectivity index (χ1v) is 7.77. The lowest BCUT2D eigenvalue weighted by Gasteiger charge is -2.20. The number of fused-ring (bicyclic) bond motifs is 1. The number of benzene rings is 1. The second-order valence-corrected chi connectivity index (χ2v) is 6.03. The number of anilines is 1. The molecule has 1 N–H and O–H groups in total. The average molecular weight is 267 g/mol. The largest absolute Gasteiger partial charge is 0.379 e. The van der Waals surface area contributed by atoms with E-state index in [0.29, 0.717) is 6.04 Å². The molecule has 1 aromatic heterocycles. The lowest BCUT2D eigenvalue weighted by molar-refractivity contribution is 0.683. The molecule has 2 aromatic rings. The molecule has 2 aliphatic carbocycles. The maximum Gasteiger partial charge on any atom is 0.0951 e. The first-order valence-electron chi connectivity index (χ1n) is 7.77. The van der Waals surface area contributed by atoms with Gasteiger partial charge in [-0.3, -0.25) is 0 Å². The maximum absolute atomic E-state index is 4.31. The number of aromatic nitrogens is 2. The van der Waals surface area contributed by atoms with Crippen molar-refractivity contribution in [1.29, 1.82) is 0 Å². The summed E-state index contributed by atoms with van der Waals surface area (Å²) < 4.78 is 2.34. The Hall–Kier alpha value is -1.77. The van der Waals surface area contributed by atoms with Gasteiger partial charge >= 0.3 is 0 Å². The summed E-state index contributed by atoms with van der Waals surface area (Å²) in [7, 11) is 0. The van der Waals surface area contributed by atoms with Crippen molar-refractivity contribution in [2.45, 2.75) is 51.1 Å². The molecule has 3 nitrogen and oxygen atoms in total. The summed E-state index contributed by atoms with van der Waals surface area (Å²) in [6, 6.07) is 7.40. The van der Waals surface area contributed by atoms with Crippen molar-refractivity contribution in [2.24, 2.45) is 0 Å². The molecule has 1 fully saturated rings. The molecule has 1 saturated carbocycles. The van der Waals surface area contributed by atoms with E-state index in [-0.39, 0.29) is 0 Å². The highest BCUT2D eigenvalue weighted by Crippen LogP contribution is 2.36. The van der Waals surface area contributed by atoms with Crippen molar-refractivity contribution in [2.75, 3.05) is 5.32 Å². The molecule has 2 aliphatic rings. The van der Waals surface area contributed by atoms with Crippen LogP contribution in [0.3, 0.4) is 0 Å². The first-order chi connectivity index (χ1) is 9.92. The monoisotopic (exact) mass is 267 g/mol. The van der Waals surface area contributed by atoms with Crippen LogP contribution >= 0.6 is 0 Å². The minimum atomic E-state index is 0.707. The van der Waals surface area contributed by atoms with Gasteiger partial charge in [-0.25, -0.2) is 4.98 Å². The third-order valence-electron chi connectivity index (χ3n) is 4.54. The van der Waals surface area contributed by atoms with Gasteiger partial charge in [0.15, 0.2) is 0 Å². The van der Waals surface area contributed by atoms with E-state index in [4.69, 9.17) is 0 Å². The molecule has 4 rings (SSSR count). The molecule has 104 valence electrons. The SMILES string of the molecule is c1cc2c(c(NCc3cncn3C3CC3)c1)CCCC2. The molecular formula is C17H21N3. The van der Waals surface area contributed by atoms with E-state index < -0.39 is 0 Å². The van der Waals surface area contributed by atoms with Crippen LogP contribution in [-0.2, 0) is 19.4 Å². The number of imidazole rings is 1. The van der Waals surface area contributed by atoms with Crippen LogP contribution in [0.2, 0.25) is 0 Å². The van der Waals surface area contributed by atoms with Crippen molar-refractivity contribution in [3.05, 3.63) is 47.5 Å². The minimum absolute atomic E-state index is 0.707. The van der Waals surface area contributed by atoms with Gasteiger partial charge in [-0.2, -0.15) is 0 Å². The molecule has 0 aliphatic heterocycles. The van der Waals surface area contributed by atoms with Gasteiger partial charge in [0.2, 0.25) is 0 Å². The standard InChI is InChI=1S/C17H21N3/c1-2-6-16-13(4-1)5-3-7-17(16)19-11-15-10-18-12-20(15)14-8-9-14/h3,5,7,10,12,14,19H,1-2,4,6,8-9,11H2. The summed E-state index contributed by atoms with van der Waals surface area (Å²) >= 11 is 0. The van der Waals surface area contributed by atoms with Crippen LogP contribution in [-0.4, -0.2) is 9.55 Å². The van der Waals surface area contributed by atoms with Crippen LogP contribution in [0.25, 0.3) is 0 Å².